The van der Waals surface area contributed by atoms with E-state index in [1.807, 2.05) is 20.0 Å². The molecule has 0 saturated carbocycles. The van der Waals surface area contributed by atoms with Crippen LogP contribution in [-0.2, 0) is 6.54 Å². The second-order valence-electron chi connectivity index (χ2n) is 4.02. The van der Waals surface area contributed by atoms with Crippen LogP contribution in [0.5, 0.6) is 5.88 Å². The lowest BCUT2D eigenvalue weighted by molar-refractivity contribution is 0.397. The predicted molar refractivity (Wildman–Crippen MR) is 69.9 cm³/mol. The van der Waals surface area contributed by atoms with Crippen LogP contribution < -0.4 is 15.4 Å². The average molecular weight is 263 g/mol. The van der Waals surface area contributed by atoms with Crippen LogP contribution in [0.4, 0.5) is 6.01 Å². The fourth-order valence-corrected chi connectivity index (χ4v) is 1.42. The van der Waals surface area contributed by atoms with Crippen molar-refractivity contribution in [1.29, 1.82) is 0 Å². The van der Waals surface area contributed by atoms with E-state index in [9.17, 15) is 0 Å². The predicted octanol–water partition coefficient (Wildman–Crippen LogP) is 1.37. The molecule has 19 heavy (non-hydrogen) atoms. The van der Waals surface area contributed by atoms with E-state index < -0.39 is 0 Å². The van der Waals surface area contributed by atoms with E-state index >= 15 is 0 Å². The van der Waals surface area contributed by atoms with Crippen LogP contribution in [-0.4, -0.2) is 29.3 Å². The molecule has 0 aromatic carbocycles. The van der Waals surface area contributed by atoms with Gasteiger partial charge in [-0.25, -0.2) is 4.98 Å². The van der Waals surface area contributed by atoms with Crippen LogP contribution in [0, 0.1) is 0 Å². The monoisotopic (exact) mass is 263 g/mol. The molecule has 0 bridgehead atoms. The second kappa shape index (κ2) is 6.14. The first-order valence-electron chi connectivity index (χ1n) is 5.96. The van der Waals surface area contributed by atoms with Crippen molar-refractivity contribution in [3.63, 3.8) is 0 Å². The highest BCUT2D eigenvalue weighted by atomic mass is 16.5. The number of pyridine rings is 1. The first kappa shape index (κ1) is 13.3. The molecule has 1 atom stereocenters. The summed E-state index contributed by atoms with van der Waals surface area (Å²) in [6.45, 7) is 2.51. The van der Waals surface area contributed by atoms with E-state index in [2.05, 4.69) is 25.8 Å². The SMILES string of the molecule is CNC(C)c1nnc(NCc2ccc(OC)nc2)o1. The zero-order chi connectivity index (χ0) is 13.7. The van der Waals surface area contributed by atoms with E-state index in [1.54, 1.807) is 19.4 Å². The normalized spacial score (nSPS) is 12.2. The molecule has 102 valence electrons. The number of ether oxygens (including phenoxy) is 1. The van der Waals surface area contributed by atoms with Crippen LogP contribution in [0.2, 0.25) is 0 Å². The maximum Gasteiger partial charge on any atom is 0.315 e. The molecule has 0 aliphatic rings. The molecule has 0 saturated heterocycles. The van der Waals surface area contributed by atoms with Crippen molar-refractivity contribution in [3.05, 3.63) is 29.8 Å². The molecule has 0 fully saturated rings. The van der Waals surface area contributed by atoms with Gasteiger partial charge in [0, 0.05) is 18.8 Å². The number of rotatable bonds is 6. The Bertz CT molecular complexity index is 511. The van der Waals surface area contributed by atoms with Gasteiger partial charge in [-0.15, -0.1) is 5.10 Å². The Morgan fingerprint density at radius 3 is 2.84 bits per heavy atom. The van der Waals surface area contributed by atoms with E-state index in [4.69, 9.17) is 9.15 Å². The number of hydrogen-bond donors (Lipinski definition) is 2. The van der Waals surface area contributed by atoms with Crippen molar-refractivity contribution in [3.8, 4) is 5.88 Å². The van der Waals surface area contributed by atoms with Gasteiger partial charge in [0.15, 0.2) is 0 Å². The highest BCUT2D eigenvalue weighted by Crippen LogP contribution is 2.14. The fraction of sp³-hybridized carbons (Fsp3) is 0.417. The Balaban J connectivity index is 1.92. The maximum atomic E-state index is 5.46. The first-order valence-corrected chi connectivity index (χ1v) is 5.96. The fourth-order valence-electron chi connectivity index (χ4n) is 1.42. The maximum absolute atomic E-state index is 5.46. The molecule has 0 aliphatic heterocycles. The zero-order valence-corrected chi connectivity index (χ0v) is 11.2. The highest BCUT2D eigenvalue weighted by Gasteiger charge is 2.11. The third kappa shape index (κ3) is 3.41. The van der Waals surface area contributed by atoms with Crippen LogP contribution in [0.15, 0.2) is 22.7 Å². The van der Waals surface area contributed by atoms with Crippen LogP contribution in [0.1, 0.15) is 24.4 Å². The van der Waals surface area contributed by atoms with Gasteiger partial charge in [0.2, 0.25) is 11.8 Å². The third-order valence-electron chi connectivity index (χ3n) is 2.69. The minimum absolute atomic E-state index is 0.0331. The summed E-state index contributed by atoms with van der Waals surface area (Å²) in [6.07, 6.45) is 1.74. The number of methoxy groups -OCH3 is 1. The van der Waals surface area contributed by atoms with E-state index in [-0.39, 0.29) is 6.04 Å². The molecule has 2 aromatic rings. The van der Waals surface area contributed by atoms with Crippen LogP contribution >= 0.6 is 0 Å². The Morgan fingerprint density at radius 2 is 2.21 bits per heavy atom. The Hall–Kier alpha value is -2.15. The molecule has 0 aliphatic carbocycles. The number of aromatic nitrogens is 3. The molecule has 1 unspecified atom stereocenters. The summed E-state index contributed by atoms with van der Waals surface area (Å²) in [6, 6.07) is 4.16. The van der Waals surface area contributed by atoms with Crippen molar-refractivity contribution in [1.82, 2.24) is 20.5 Å². The van der Waals surface area contributed by atoms with Crippen LogP contribution in [0.3, 0.4) is 0 Å². The third-order valence-corrected chi connectivity index (χ3v) is 2.69. The zero-order valence-electron chi connectivity index (χ0n) is 11.2. The van der Waals surface area contributed by atoms with Crippen molar-refractivity contribution < 1.29 is 9.15 Å². The molecule has 0 spiro atoms. The standard InChI is InChI=1S/C12H17N5O2/c1-8(13-2)11-16-17-12(19-11)15-7-9-4-5-10(18-3)14-6-9/h4-6,8,13H,7H2,1-3H3,(H,15,17). The molecular formula is C12H17N5O2. The molecule has 0 amide bonds. The van der Waals surface area contributed by atoms with Gasteiger partial charge in [-0.2, -0.15) is 0 Å². The van der Waals surface area contributed by atoms with Crippen molar-refractivity contribution in [2.45, 2.75) is 19.5 Å². The first-order chi connectivity index (χ1) is 9.22. The summed E-state index contributed by atoms with van der Waals surface area (Å²) in [5, 5.41) is 14.0. The Morgan fingerprint density at radius 1 is 1.37 bits per heavy atom. The van der Waals surface area contributed by atoms with Gasteiger partial charge < -0.3 is 19.8 Å². The lowest BCUT2D eigenvalue weighted by Gasteiger charge is -2.04. The van der Waals surface area contributed by atoms with Gasteiger partial charge >= 0.3 is 6.01 Å². The van der Waals surface area contributed by atoms with Gasteiger partial charge in [0.05, 0.1) is 13.2 Å². The molecule has 0 radical (unpaired) electrons. The molecule has 2 heterocycles. The summed E-state index contributed by atoms with van der Waals surface area (Å²) >= 11 is 0. The molecule has 7 nitrogen and oxygen atoms in total. The largest absolute Gasteiger partial charge is 0.481 e. The average Bonchev–Trinajstić information content (AvgIpc) is 2.93. The quantitative estimate of drug-likeness (QED) is 0.814. The lowest BCUT2D eigenvalue weighted by Crippen LogP contribution is -2.12. The number of nitrogens with zero attached hydrogens (tertiary/aromatic N) is 3. The topological polar surface area (TPSA) is 85.1 Å². The summed E-state index contributed by atoms with van der Waals surface area (Å²) in [7, 11) is 3.42. The number of hydrogen-bond acceptors (Lipinski definition) is 7. The minimum Gasteiger partial charge on any atom is -0.481 e. The van der Waals surface area contributed by atoms with Gasteiger partial charge in [-0.1, -0.05) is 11.2 Å². The van der Waals surface area contributed by atoms with Gasteiger partial charge in [0.1, 0.15) is 0 Å². The van der Waals surface area contributed by atoms with Gasteiger partial charge in [-0.05, 0) is 19.5 Å². The molecular weight excluding hydrogens is 246 g/mol. The smallest absolute Gasteiger partial charge is 0.315 e. The van der Waals surface area contributed by atoms with Gasteiger partial charge in [-0.3, -0.25) is 0 Å². The number of anilines is 1. The molecule has 7 heteroatoms. The summed E-state index contributed by atoms with van der Waals surface area (Å²) in [5.74, 6) is 1.14. The minimum atomic E-state index is 0.0331. The summed E-state index contributed by atoms with van der Waals surface area (Å²) in [5.41, 5.74) is 1.00. The summed E-state index contributed by atoms with van der Waals surface area (Å²) < 4.78 is 10.5. The second-order valence-corrected chi connectivity index (χ2v) is 4.02. The van der Waals surface area contributed by atoms with E-state index in [1.165, 1.54) is 0 Å². The molecule has 2 aromatic heterocycles. The molecule has 2 N–H and O–H groups in total. The van der Waals surface area contributed by atoms with Gasteiger partial charge in [0.25, 0.3) is 0 Å². The van der Waals surface area contributed by atoms with Crippen molar-refractivity contribution in [2.75, 3.05) is 19.5 Å². The van der Waals surface area contributed by atoms with E-state index in [0.717, 1.165) is 5.56 Å². The number of nitrogens with one attached hydrogen (secondary N) is 2. The lowest BCUT2D eigenvalue weighted by atomic mass is 10.3. The van der Waals surface area contributed by atoms with Crippen LogP contribution in [0.25, 0.3) is 0 Å². The Labute approximate surface area is 111 Å². The summed E-state index contributed by atoms with van der Waals surface area (Å²) in [4.78, 5) is 4.12. The Kier molecular flexibility index (Phi) is 4.30. The molecule has 2 rings (SSSR count). The van der Waals surface area contributed by atoms with Crippen molar-refractivity contribution in [2.24, 2.45) is 0 Å². The highest BCUT2D eigenvalue weighted by molar-refractivity contribution is 5.24. The van der Waals surface area contributed by atoms with E-state index in [0.29, 0.717) is 24.3 Å². The van der Waals surface area contributed by atoms with Crippen molar-refractivity contribution >= 4 is 6.01 Å².